The first-order chi connectivity index (χ1) is 10.7. The van der Waals surface area contributed by atoms with E-state index >= 15 is 0 Å². The minimum atomic E-state index is -0.530. The van der Waals surface area contributed by atoms with Crippen LogP contribution in [0.4, 0.5) is 0 Å². The molecular weight excluding hydrogens is 302 g/mol. The van der Waals surface area contributed by atoms with E-state index in [4.69, 9.17) is 21.1 Å². The van der Waals surface area contributed by atoms with Crippen molar-refractivity contribution in [1.82, 2.24) is 0 Å². The van der Waals surface area contributed by atoms with Gasteiger partial charge < -0.3 is 9.47 Å². The lowest BCUT2D eigenvalue weighted by molar-refractivity contribution is 0.200. The summed E-state index contributed by atoms with van der Waals surface area (Å²) in [7, 11) is 1.62. The third kappa shape index (κ3) is 2.73. The lowest BCUT2D eigenvalue weighted by Gasteiger charge is -2.38. The van der Waals surface area contributed by atoms with Crippen LogP contribution in [-0.4, -0.2) is 19.3 Å². The summed E-state index contributed by atoms with van der Waals surface area (Å²) in [4.78, 5) is 14.8. The van der Waals surface area contributed by atoms with Crippen LogP contribution in [0.3, 0.4) is 0 Å². The fourth-order valence-electron chi connectivity index (χ4n) is 3.37. The Morgan fingerprint density at radius 1 is 1.23 bits per heavy atom. The summed E-state index contributed by atoms with van der Waals surface area (Å²) < 4.78 is 11.5. The van der Waals surface area contributed by atoms with Gasteiger partial charge in [0, 0.05) is 11.6 Å². The Hall–Kier alpha value is -1.51. The van der Waals surface area contributed by atoms with Gasteiger partial charge in [-0.3, -0.25) is 0 Å². The van der Waals surface area contributed by atoms with E-state index in [2.05, 4.69) is 4.99 Å². The highest BCUT2D eigenvalue weighted by molar-refractivity contribution is 6.31. The van der Waals surface area contributed by atoms with Gasteiger partial charge in [0.25, 0.3) is 0 Å². The van der Waals surface area contributed by atoms with Crippen molar-refractivity contribution in [1.29, 1.82) is 0 Å². The zero-order valence-corrected chi connectivity index (χ0v) is 13.5. The predicted molar refractivity (Wildman–Crippen MR) is 84.5 cm³/mol. The maximum Gasteiger partial charge on any atom is 0.235 e. The monoisotopic (exact) mass is 321 g/mol. The Morgan fingerprint density at radius 3 is 2.50 bits per heavy atom. The van der Waals surface area contributed by atoms with Gasteiger partial charge in [0.15, 0.2) is 11.5 Å². The molecule has 1 aromatic carbocycles. The largest absolute Gasteiger partial charge is 0.493 e. The van der Waals surface area contributed by atoms with Crippen LogP contribution in [0.2, 0.25) is 5.02 Å². The molecule has 0 aliphatic heterocycles. The Balaban J connectivity index is 1.94. The molecule has 0 saturated heterocycles. The van der Waals surface area contributed by atoms with Gasteiger partial charge in [-0.2, -0.15) is 4.99 Å². The third-order valence-corrected chi connectivity index (χ3v) is 5.10. The molecule has 2 aliphatic carbocycles. The first-order valence-electron chi connectivity index (χ1n) is 7.82. The fraction of sp³-hybridized carbons (Fsp3) is 0.588. The van der Waals surface area contributed by atoms with Gasteiger partial charge in [-0.1, -0.05) is 11.6 Å². The van der Waals surface area contributed by atoms with E-state index in [-0.39, 0.29) is 6.10 Å². The molecule has 0 N–H and O–H groups in total. The second-order valence-electron chi connectivity index (χ2n) is 6.10. The minimum absolute atomic E-state index is 0.237. The van der Waals surface area contributed by atoms with Crippen molar-refractivity contribution in [2.75, 3.05) is 7.11 Å². The smallest absolute Gasteiger partial charge is 0.235 e. The average molecular weight is 322 g/mol. The minimum Gasteiger partial charge on any atom is -0.493 e. The quantitative estimate of drug-likeness (QED) is 0.597. The molecule has 0 spiro atoms. The highest BCUT2D eigenvalue weighted by atomic mass is 35.5. The number of nitrogens with zero attached hydrogens (tertiary/aromatic N) is 1. The van der Waals surface area contributed by atoms with Crippen LogP contribution in [0.15, 0.2) is 17.1 Å². The topological polar surface area (TPSA) is 47.9 Å². The van der Waals surface area contributed by atoms with E-state index in [1.165, 1.54) is 12.8 Å². The summed E-state index contributed by atoms with van der Waals surface area (Å²) in [5.41, 5.74) is 0.303. The first kappa shape index (κ1) is 15.4. The molecule has 0 amide bonds. The number of halogens is 1. The third-order valence-electron chi connectivity index (χ3n) is 4.79. The number of benzene rings is 1. The van der Waals surface area contributed by atoms with E-state index in [1.807, 2.05) is 6.07 Å². The number of aliphatic imine (C=N–C) groups is 1. The second kappa shape index (κ2) is 6.31. The Labute approximate surface area is 135 Å². The predicted octanol–water partition coefficient (Wildman–Crippen LogP) is 4.39. The number of hydrogen-bond donors (Lipinski definition) is 0. The van der Waals surface area contributed by atoms with E-state index < -0.39 is 5.54 Å². The molecule has 4 nitrogen and oxygen atoms in total. The molecule has 22 heavy (non-hydrogen) atoms. The van der Waals surface area contributed by atoms with E-state index in [9.17, 15) is 4.79 Å². The van der Waals surface area contributed by atoms with Gasteiger partial charge in [0.05, 0.1) is 23.8 Å². The molecular formula is C17H20ClNO3. The Kier molecular flexibility index (Phi) is 4.42. The summed E-state index contributed by atoms with van der Waals surface area (Å²) in [5, 5.41) is 0.576. The van der Waals surface area contributed by atoms with Gasteiger partial charge in [-0.05, 0) is 51.0 Å². The average Bonchev–Trinajstić information content (AvgIpc) is 2.97. The lowest BCUT2D eigenvalue weighted by atomic mass is 9.72. The molecule has 3 rings (SSSR count). The van der Waals surface area contributed by atoms with Gasteiger partial charge in [0.1, 0.15) is 0 Å². The molecule has 0 bridgehead atoms. The van der Waals surface area contributed by atoms with Crippen LogP contribution in [-0.2, 0) is 10.3 Å². The van der Waals surface area contributed by atoms with Crippen molar-refractivity contribution in [2.24, 2.45) is 4.99 Å². The molecule has 2 fully saturated rings. The van der Waals surface area contributed by atoms with Crippen LogP contribution in [0.25, 0.3) is 0 Å². The lowest BCUT2D eigenvalue weighted by Crippen LogP contribution is -2.32. The Bertz CT molecular complexity index is 600. The SMILES string of the molecule is COc1cc(C2(N=C=O)CCC2)c(Cl)cc1OC1CCCC1. The summed E-state index contributed by atoms with van der Waals surface area (Å²) in [6.07, 6.45) is 9.14. The van der Waals surface area contributed by atoms with Crippen molar-refractivity contribution in [2.45, 2.75) is 56.6 Å². The summed E-state index contributed by atoms with van der Waals surface area (Å²) in [6, 6.07) is 3.67. The van der Waals surface area contributed by atoms with E-state index in [1.54, 1.807) is 19.3 Å². The summed E-state index contributed by atoms with van der Waals surface area (Å²) in [6.45, 7) is 0. The molecule has 0 unspecified atom stereocenters. The fourth-order valence-corrected chi connectivity index (χ4v) is 3.70. The van der Waals surface area contributed by atoms with Crippen LogP contribution < -0.4 is 9.47 Å². The zero-order valence-electron chi connectivity index (χ0n) is 12.7. The number of ether oxygens (including phenoxy) is 2. The second-order valence-corrected chi connectivity index (χ2v) is 6.50. The van der Waals surface area contributed by atoms with Gasteiger partial charge >= 0.3 is 0 Å². The molecule has 0 aromatic heterocycles. The molecule has 2 aliphatic rings. The molecule has 0 radical (unpaired) electrons. The maximum absolute atomic E-state index is 10.8. The zero-order chi connectivity index (χ0) is 15.6. The number of hydrogen-bond acceptors (Lipinski definition) is 4. The molecule has 0 atom stereocenters. The molecule has 1 aromatic rings. The summed E-state index contributed by atoms with van der Waals surface area (Å²) >= 11 is 6.45. The number of carbonyl (C=O) groups excluding carboxylic acids is 1. The molecule has 0 heterocycles. The van der Waals surface area contributed by atoms with Crippen molar-refractivity contribution >= 4 is 17.7 Å². The van der Waals surface area contributed by atoms with Crippen LogP contribution in [0, 0.1) is 0 Å². The van der Waals surface area contributed by atoms with Gasteiger partial charge in [-0.25, -0.2) is 4.79 Å². The standard InChI is InChI=1S/C17H20ClNO3/c1-21-15-9-13(17(19-11-20)7-4-8-17)14(18)10-16(15)22-12-5-2-3-6-12/h9-10,12H,2-8H2,1H3. The van der Waals surface area contributed by atoms with Crippen molar-refractivity contribution in [3.8, 4) is 11.5 Å². The van der Waals surface area contributed by atoms with Gasteiger partial charge in [-0.15, -0.1) is 0 Å². The van der Waals surface area contributed by atoms with Crippen LogP contribution in [0.1, 0.15) is 50.5 Å². The van der Waals surface area contributed by atoms with Crippen LogP contribution >= 0.6 is 11.6 Å². The Morgan fingerprint density at radius 2 is 1.95 bits per heavy atom. The number of isocyanates is 1. The van der Waals surface area contributed by atoms with Crippen molar-refractivity contribution in [3.63, 3.8) is 0 Å². The normalized spacial score (nSPS) is 20.1. The molecule has 2 saturated carbocycles. The maximum atomic E-state index is 10.8. The number of methoxy groups -OCH3 is 1. The van der Waals surface area contributed by atoms with E-state index in [0.29, 0.717) is 16.5 Å². The highest BCUT2D eigenvalue weighted by Crippen LogP contribution is 2.50. The number of rotatable bonds is 5. The molecule has 5 heteroatoms. The molecule has 118 valence electrons. The highest BCUT2D eigenvalue weighted by Gasteiger charge is 2.41. The van der Waals surface area contributed by atoms with E-state index in [0.717, 1.165) is 37.7 Å². The van der Waals surface area contributed by atoms with Crippen molar-refractivity contribution in [3.05, 3.63) is 22.7 Å². The first-order valence-corrected chi connectivity index (χ1v) is 8.20. The van der Waals surface area contributed by atoms with Gasteiger partial charge in [0.2, 0.25) is 6.08 Å². The van der Waals surface area contributed by atoms with Crippen LogP contribution in [0.5, 0.6) is 11.5 Å². The van der Waals surface area contributed by atoms with Crippen molar-refractivity contribution < 1.29 is 14.3 Å². The summed E-state index contributed by atoms with van der Waals surface area (Å²) in [5.74, 6) is 1.33.